The van der Waals surface area contributed by atoms with Crippen LogP contribution in [0.15, 0.2) is 10.6 Å². The number of nitrogens with zero attached hydrogens (tertiary/aromatic N) is 2. The Morgan fingerprint density at radius 2 is 2.33 bits per heavy atom. The van der Waals surface area contributed by atoms with Crippen LogP contribution in [0.2, 0.25) is 0 Å². The van der Waals surface area contributed by atoms with E-state index in [2.05, 4.69) is 15.4 Å². The fraction of sp³-hybridized carbons (Fsp3) is 0.733. The monoisotopic (exact) mass is 295 g/mol. The molecule has 0 unspecified atom stereocenters. The summed E-state index contributed by atoms with van der Waals surface area (Å²) in [5.41, 5.74) is 0.835. The molecule has 1 heterocycles. The lowest BCUT2D eigenvalue weighted by Crippen LogP contribution is -2.45. The van der Waals surface area contributed by atoms with E-state index in [0.717, 1.165) is 25.1 Å². The molecule has 21 heavy (non-hydrogen) atoms. The molecule has 0 radical (unpaired) electrons. The highest BCUT2D eigenvalue weighted by molar-refractivity contribution is 5.91. The van der Waals surface area contributed by atoms with Crippen molar-refractivity contribution < 1.29 is 14.4 Å². The lowest BCUT2D eigenvalue weighted by atomic mass is 9.91. The summed E-state index contributed by atoms with van der Waals surface area (Å²) in [6.07, 6.45) is 4.20. The number of hydrogen-bond donors (Lipinski definition) is 2. The predicted octanol–water partition coefficient (Wildman–Crippen LogP) is 1.97. The van der Waals surface area contributed by atoms with E-state index in [0.29, 0.717) is 24.9 Å². The fourth-order valence-electron chi connectivity index (χ4n) is 2.40. The number of hydrogen-bond acceptors (Lipinski definition) is 5. The number of carbonyl (C=O) groups is 1. The van der Waals surface area contributed by atoms with Gasteiger partial charge in [-0.25, -0.2) is 0 Å². The summed E-state index contributed by atoms with van der Waals surface area (Å²) in [6, 6.07) is 2.24. The summed E-state index contributed by atoms with van der Waals surface area (Å²) in [6.45, 7) is 5.29. The maximum Gasteiger partial charge on any atom is 0.240 e. The maximum absolute atomic E-state index is 12.1. The minimum absolute atomic E-state index is 0.0914. The summed E-state index contributed by atoms with van der Waals surface area (Å²) in [5, 5.41) is 15.6. The van der Waals surface area contributed by atoms with Crippen molar-refractivity contribution >= 4 is 11.8 Å². The molecule has 1 amide bonds. The number of aliphatic hydroxyl groups excluding tert-OH is 1. The third-order valence-corrected chi connectivity index (χ3v) is 3.92. The smallest absolute Gasteiger partial charge is 0.240 e. The van der Waals surface area contributed by atoms with Crippen LogP contribution in [0.1, 0.15) is 51.1 Å². The van der Waals surface area contributed by atoms with Gasteiger partial charge in [-0.2, -0.15) is 0 Å². The highest BCUT2D eigenvalue weighted by atomic mass is 16.5. The average Bonchev–Trinajstić information content (AvgIpc) is 2.82. The molecule has 2 N–H and O–H groups in total. The Morgan fingerprint density at radius 3 is 2.86 bits per heavy atom. The summed E-state index contributed by atoms with van der Waals surface area (Å²) in [4.78, 5) is 14.3. The molecule has 0 aromatic carbocycles. The second kappa shape index (κ2) is 7.56. The fourth-order valence-corrected chi connectivity index (χ4v) is 2.40. The Kier molecular flexibility index (Phi) is 5.76. The van der Waals surface area contributed by atoms with Crippen molar-refractivity contribution in [3.63, 3.8) is 0 Å². The van der Waals surface area contributed by atoms with Crippen LogP contribution in [0.25, 0.3) is 0 Å². The Hall–Kier alpha value is -1.40. The molecule has 0 atom stereocenters. The van der Waals surface area contributed by atoms with Gasteiger partial charge in [-0.3, -0.25) is 15.0 Å². The Morgan fingerprint density at radius 1 is 1.57 bits per heavy atom. The normalized spacial score (nSPS) is 15.5. The van der Waals surface area contributed by atoms with Crippen molar-refractivity contribution in [3.05, 3.63) is 11.8 Å². The summed E-state index contributed by atoms with van der Waals surface area (Å²) in [5.74, 6) is 0.584. The topological polar surface area (TPSA) is 78.6 Å². The minimum Gasteiger partial charge on any atom is -0.396 e. The van der Waals surface area contributed by atoms with Crippen LogP contribution in [0, 0.1) is 0 Å². The molecule has 0 aliphatic heterocycles. The minimum atomic E-state index is -0.0914. The highest BCUT2D eigenvalue weighted by Crippen LogP contribution is 2.25. The zero-order valence-electron chi connectivity index (χ0n) is 12.8. The van der Waals surface area contributed by atoms with E-state index in [9.17, 15) is 4.79 Å². The van der Waals surface area contributed by atoms with Crippen molar-refractivity contribution in [2.45, 2.75) is 51.5 Å². The summed E-state index contributed by atoms with van der Waals surface area (Å²) >= 11 is 0. The molecule has 6 heteroatoms. The molecule has 1 fully saturated rings. The van der Waals surface area contributed by atoms with Crippen LogP contribution < -0.4 is 5.32 Å². The Bertz CT molecular complexity index is 455. The maximum atomic E-state index is 12.1. The van der Waals surface area contributed by atoms with Crippen molar-refractivity contribution in [1.29, 1.82) is 0 Å². The molecule has 1 aliphatic carbocycles. The molecule has 1 aliphatic rings. The van der Waals surface area contributed by atoms with Crippen molar-refractivity contribution in [1.82, 2.24) is 10.1 Å². The van der Waals surface area contributed by atoms with Gasteiger partial charge in [0, 0.05) is 25.3 Å². The molecular weight excluding hydrogens is 270 g/mol. The first-order valence-corrected chi connectivity index (χ1v) is 7.71. The largest absolute Gasteiger partial charge is 0.396 e. The van der Waals surface area contributed by atoms with Gasteiger partial charge in [0.1, 0.15) is 0 Å². The van der Waals surface area contributed by atoms with Gasteiger partial charge in [0.15, 0.2) is 0 Å². The zero-order valence-corrected chi connectivity index (χ0v) is 12.8. The molecule has 118 valence electrons. The molecule has 6 nitrogen and oxygen atoms in total. The first kappa shape index (κ1) is 16.0. The molecule has 0 spiro atoms. The number of amides is 1. The van der Waals surface area contributed by atoms with Gasteiger partial charge in [-0.05, 0) is 25.2 Å². The van der Waals surface area contributed by atoms with E-state index in [1.165, 1.54) is 6.42 Å². The lowest BCUT2D eigenvalue weighted by molar-refractivity contribution is -0.118. The van der Waals surface area contributed by atoms with E-state index in [1.807, 2.05) is 13.8 Å². The first-order valence-electron chi connectivity index (χ1n) is 7.71. The van der Waals surface area contributed by atoms with Gasteiger partial charge >= 0.3 is 0 Å². The van der Waals surface area contributed by atoms with Crippen LogP contribution in [-0.2, 0) is 4.79 Å². The van der Waals surface area contributed by atoms with E-state index in [4.69, 9.17) is 9.63 Å². The van der Waals surface area contributed by atoms with Gasteiger partial charge in [0.05, 0.1) is 12.2 Å². The predicted molar refractivity (Wildman–Crippen MR) is 80.1 cm³/mol. The van der Waals surface area contributed by atoms with Crippen LogP contribution in [-0.4, -0.2) is 46.8 Å². The zero-order chi connectivity index (χ0) is 15.2. The van der Waals surface area contributed by atoms with Crippen LogP contribution in [0.4, 0.5) is 5.88 Å². The number of carbonyl (C=O) groups excluding carboxylic acids is 1. The molecule has 1 saturated carbocycles. The van der Waals surface area contributed by atoms with Gasteiger partial charge in [-0.15, -0.1) is 0 Å². The number of aliphatic hydroxyl groups is 1. The van der Waals surface area contributed by atoms with Gasteiger partial charge in [0.25, 0.3) is 0 Å². The quantitative estimate of drug-likeness (QED) is 0.766. The first-order chi connectivity index (χ1) is 10.1. The number of rotatable bonds is 8. The van der Waals surface area contributed by atoms with Gasteiger partial charge < -0.3 is 9.63 Å². The Balaban J connectivity index is 1.85. The van der Waals surface area contributed by atoms with E-state index in [-0.39, 0.29) is 18.4 Å². The van der Waals surface area contributed by atoms with Gasteiger partial charge in [-0.1, -0.05) is 25.4 Å². The second-order valence-corrected chi connectivity index (χ2v) is 5.95. The number of aromatic nitrogens is 1. The van der Waals surface area contributed by atoms with Crippen molar-refractivity contribution in [2.75, 3.05) is 25.0 Å². The molecule has 1 aromatic heterocycles. The standard InChI is InChI=1S/C15H25N3O3/c1-11(2)13-9-15(21-17-13)16-14(20)10-18(7-4-8-19)12-5-3-6-12/h9,11-12,19H,3-8,10H2,1-2H3,(H,16,20). The van der Waals surface area contributed by atoms with Crippen LogP contribution >= 0.6 is 0 Å². The molecular formula is C15H25N3O3. The lowest BCUT2D eigenvalue weighted by Gasteiger charge is -2.36. The molecule has 0 saturated heterocycles. The molecule has 0 bridgehead atoms. The van der Waals surface area contributed by atoms with Gasteiger partial charge in [0.2, 0.25) is 11.8 Å². The van der Waals surface area contributed by atoms with E-state index >= 15 is 0 Å². The van der Waals surface area contributed by atoms with E-state index < -0.39 is 0 Å². The van der Waals surface area contributed by atoms with Crippen LogP contribution in [0.5, 0.6) is 0 Å². The van der Waals surface area contributed by atoms with Crippen molar-refractivity contribution in [3.8, 4) is 0 Å². The number of anilines is 1. The van der Waals surface area contributed by atoms with Crippen LogP contribution in [0.3, 0.4) is 0 Å². The molecule has 2 rings (SSSR count). The van der Waals surface area contributed by atoms with E-state index in [1.54, 1.807) is 6.07 Å². The second-order valence-electron chi connectivity index (χ2n) is 5.95. The molecule has 1 aromatic rings. The highest BCUT2D eigenvalue weighted by Gasteiger charge is 2.26. The SMILES string of the molecule is CC(C)c1cc(NC(=O)CN(CCCO)C2CCC2)on1. The third kappa shape index (κ3) is 4.54. The Labute approximate surface area is 125 Å². The number of nitrogens with one attached hydrogen (secondary N) is 1. The van der Waals surface area contributed by atoms with Crippen molar-refractivity contribution in [2.24, 2.45) is 0 Å². The summed E-state index contributed by atoms with van der Waals surface area (Å²) in [7, 11) is 0. The summed E-state index contributed by atoms with van der Waals surface area (Å²) < 4.78 is 5.12. The third-order valence-electron chi connectivity index (χ3n) is 3.92. The average molecular weight is 295 g/mol.